The molecule has 0 radical (unpaired) electrons. The van der Waals surface area contributed by atoms with Crippen LogP contribution in [0.3, 0.4) is 0 Å². The number of unbranched alkanes of at least 4 members (excludes halogenated alkanes) is 1. The molecule has 1 rings (SSSR count). The molecule has 0 saturated heterocycles. The van der Waals surface area contributed by atoms with Crippen LogP contribution < -0.4 is 4.74 Å². The molecule has 0 aliphatic heterocycles. The van der Waals surface area contributed by atoms with Gasteiger partial charge in [0.2, 0.25) is 0 Å². The van der Waals surface area contributed by atoms with Gasteiger partial charge in [-0.05, 0) is 30.5 Å². The summed E-state index contributed by atoms with van der Waals surface area (Å²) in [5, 5.41) is 0. The molecule has 0 bridgehead atoms. The van der Waals surface area contributed by atoms with E-state index in [0.717, 1.165) is 24.3 Å². The first-order valence-corrected chi connectivity index (χ1v) is 5.13. The summed E-state index contributed by atoms with van der Waals surface area (Å²) in [5.74, 6) is 0.982. The van der Waals surface area contributed by atoms with Gasteiger partial charge in [0.05, 0.1) is 6.61 Å². The van der Waals surface area contributed by atoms with Crippen molar-refractivity contribution in [1.29, 1.82) is 0 Å². The molecule has 0 aliphatic rings. The van der Waals surface area contributed by atoms with Crippen molar-refractivity contribution in [3.8, 4) is 5.75 Å². The maximum atomic E-state index is 5.67. The van der Waals surface area contributed by atoms with Gasteiger partial charge >= 0.3 is 0 Å². The van der Waals surface area contributed by atoms with Crippen LogP contribution in [0.5, 0.6) is 5.75 Å². The van der Waals surface area contributed by atoms with Gasteiger partial charge in [-0.2, -0.15) is 0 Å². The molecular weight excluding hydrogens is 172 g/mol. The van der Waals surface area contributed by atoms with Crippen LogP contribution in [0, 0.1) is 6.92 Å². The normalized spacial score (nSPS) is 9.86. The topological polar surface area (TPSA) is 9.23 Å². The van der Waals surface area contributed by atoms with Gasteiger partial charge in [-0.1, -0.05) is 38.1 Å². The summed E-state index contributed by atoms with van der Waals surface area (Å²) in [6.07, 6.45) is 4.12. The number of aryl methyl sites for hydroxylation is 1. The minimum absolute atomic E-state index is 0.804. The van der Waals surface area contributed by atoms with Gasteiger partial charge in [0.1, 0.15) is 5.75 Å². The SMILES string of the molecule is C=Cc1ccc(C)c(OCCCC)c1. The Morgan fingerprint density at radius 3 is 2.86 bits per heavy atom. The Labute approximate surface area is 86.4 Å². The molecule has 0 amide bonds. The van der Waals surface area contributed by atoms with Crippen molar-refractivity contribution in [2.24, 2.45) is 0 Å². The zero-order chi connectivity index (χ0) is 10.4. The smallest absolute Gasteiger partial charge is 0.122 e. The molecule has 0 N–H and O–H groups in total. The lowest BCUT2D eigenvalue weighted by molar-refractivity contribution is 0.307. The monoisotopic (exact) mass is 190 g/mol. The summed E-state index contributed by atoms with van der Waals surface area (Å²) in [4.78, 5) is 0. The first kappa shape index (κ1) is 10.8. The number of benzene rings is 1. The van der Waals surface area contributed by atoms with Gasteiger partial charge in [0, 0.05) is 0 Å². The Morgan fingerprint density at radius 1 is 1.43 bits per heavy atom. The molecule has 0 saturated carbocycles. The first-order chi connectivity index (χ1) is 6.77. The van der Waals surface area contributed by atoms with Gasteiger partial charge in [0.15, 0.2) is 0 Å². The molecule has 0 unspecified atom stereocenters. The molecule has 1 aromatic rings. The molecule has 14 heavy (non-hydrogen) atoms. The fourth-order valence-corrected chi connectivity index (χ4v) is 1.23. The Balaban J connectivity index is 2.68. The maximum absolute atomic E-state index is 5.67. The zero-order valence-corrected chi connectivity index (χ0v) is 9.05. The predicted octanol–water partition coefficient (Wildman–Crippen LogP) is 3.82. The van der Waals surface area contributed by atoms with E-state index in [-0.39, 0.29) is 0 Å². The Hall–Kier alpha value is -1.24. The van der Waals surface area contributed by atoms with Gasteiger partial charge in [-0.15, -0.1) is 0 Å². The highest BCUT2D eigenvalue weighted by atomic mass is 16.5. The van der Waals surface area contributed by atoms with E-state index in [2.05, 4.69) is 32.6 Å². The lowest BCUT2D eigenvalue weighted by Crippen LogP contribution is -1.98. The van der Waals surface area contributed by atoms with Gasteiger partial charge in [-0.3, -0.25) is 0 Å². The molecule has 0 atom stereocenters. The van der Waals surface area contributed by atoms with Crippen molar-refractivity contribution in [2.45, 2.75) is 26.7 Å². The molecule has 0 aromatic heterocycles. The number of ether oxygens (including phenoxy) is 1. The molecule has 0 aliphatic carbocycles. The highest BCUT2D eigenvalue weighted by Gasteiger charge is 1.99. The van der Waals surface area contributed by atoms with Crippen LogP contribution >= 0.6 is 0 Å². The third kappa shape index (κ3) is 2.91. The molecule has 0 fully saturated rings. The minimum atomic E-state index is 0.804. The third-order valence-corrected chi connectivity index (χ3v) is 2.20. The highest BCUT2D eigenvalue weighted by molar-refractivity contribution is 5.51. The van der Waals surface area contributed by atoms with E-state index in [9.17, 15) is 0 Å². The number of rotatable bonds is 5. The van der Waals surface area contributed by atoms with Gasteiger partial charge < -0.3 is 4.74 Å². The van der Waals surface area contributed by atoms with E-state index in [4.69, 9.17) is 4.74 Å². The van der Waals surface area contributed by atoms with Crippen molar-refractivity contribution >= 4 is 6.08 Å². The maximum Gasteiger partial charge on any atom is 0.122 e. The van der Waals surface area contributed by atoms with Crippen molar-refractivity contribution in [3.05, 3.63) is 35.9 Å². The Kier molecular flexibility index (Phi) is 4.24. The second kappa shape index (κ2) is 5.48. The molecule has 1 heteroatoms. The van der Waals surface area contributed by atoms with Crippen LogP contribution in [0.25, 0.3) is 6.08 Å². The van der Waals surface area contributed by atoms with E-state index in [1.54, 1.807) is 0 Å². The summed E-state index contributed by atoms with van der Waals surface area (Å²) in [5.41, 5.74) is 2.30. The second-order valence-electron chi connectivity index (χ2n) is 3.43. The molecule has 0 spiro atoms. The van der Waals surface area contributed by atoms with E-state index >= 15 is 0 Å². The van der Waals surface area contributed by atoms with E-state index in [1.807, 2.05) is 12.1 Å². The Morgan fingerprint density at radius 2 is 2.21 bits per heavy atom. The molecule has 1 aromatic carbocycles. The van der Waals surface area contributed by atoms with Gasteiger partial charge in [-0.25, -0.2) is 0 Å². The fraction of sp³-hybridized carbons (Fsp3) is 0.385. The average Bonchev–Trinajstić information content (AvgIpc) is 2.21. The predicted molar refractivity (Wildman–Crippen MR) is 61.7 cm³/mol. The quantitative estimate of drug-likeness (QED) is 0.641. The molecule has 76 valence electrons. The molecular formula is C13H18O. The fourth-order valence-electron chi connectivity index (χ4n) is 1.23. The van der Waals surface area contributed by atoms with Crippen LogP contribution in [-0.4, -0.2) is 6.61 Å². The van der Waals surface area contributed by atoms with Crippen molar-refractivity contribution in [2.75, 3.05) is 6.61 Å². The zero-order valence-electron chi connectivity index (χ0n) is 9.05. The van der Waals surface area contributed by atoms with E-state index in [0.29, 0.717) is 0 Å². The second-order valence-corrected chi connectivity index (χ2v) is 3.43. The summed E-state index contributed by atoms with van der Waals surface area (Å²) >= 11 is 0. The minimum Gasteiger partial charge on any atom is -0.493 e. The third-order valence-electron chi connectivity index (χ3n) is 2.20. The van der Waals surface area contributed by atoms with Crippen molar-refractivity contribution in [3.63, 3.8) is 0 Å². The van der Waals surface area contributed by atoms with E-state index in [1.165, 1.54) is 12.0 Å². The highest BCUT2D eigenvalue weighted by Crippen LogP contribution is 2.20. The molecule has 0 heterocycles. The lowest BCUT2D eigenvalue weighted by Gasteiger charge is -2.09. The molecule has 1 nitrogen and oxygen atoms in total. The van der Waals surface area contributed by atoms with Crippen molar-refractivity contribution < 1.29 is 4.74 Å². The summed E-state index contributed by atoms with van der Waals surface area (Å²) in [7, 11) is 0. The van der Waals surface area contributed by atoms with Crippen LogP contribution in [0.15, 0.2) is 24.8 Å². The number of hydrogen-bond donors (Lipinski definition) is 0. The standard InChI is InChI=1S/C13H18O/c1-4-6-9-14-13-10-12(5-2)8-7-11(13)3/h5,7-8,10H,2,4,6,9H2,1,3H3. The lowest BCUT2D eigenvalue weighted by atomic mass is 10.1. The van der Waals surface area contributed by atoms with Crippen LogP contribution in [0.4, 0.5) is 0 Å². The van der Waals surface area contributed by atoms with Crippen molar-refractivity contribution in [1.82, 2.24) is 0 Å². The van der Waals surface area contributed by atoms with Gasteiger partial charge in [0.25, 0.3) is 0 Å². The number of hydrogen-bond acceptors (Lipinski definition) is 1. The Bertz CT molecular complexity index is 302. The van der Waals surface area contributed by atoms with Crippen LogP contribution in [0.2, 0.25) is 0 Å². The van der Waals surface area contributed by atoms with Crippen LogP contribution in [0.1, 0.15) is 30.9 Å². The van der Waals surface area contributed by atoms with E-state index < -0.39 is 0 Å². The summed E-state index contributed by atoms with van der Waals surface area (Å²) in [6, 6.07) is 6.16. The largest absolute Gasteiger partial charge is 0.493 e. The first-order valence-electron chi connectivity index (χ1n) is 5.13. The average molecular weight is 190 g/mol. The summed E-state index contributed by atoms with van der Waals surface area (Å²) in [6.45, 7) is 8.77. The van der Waals surface area contributed by atoms with Crippen LogP contribution in [-0.2, 0) is 0 Å². The summed E-state index contributed by atoms with van der Waals surface area (Å²) < 4.78 is 5.67.